The second-order valence-corrected chi connectivity index (χ2v) is 9.71. The molecule has 2 N–H and O–H groups in total. The fourth-order valence-electron chi connectivity index (χ4n) is 3.42. The lowest BCUT2D eigenvalue weighted by Crippen LogP contribution is -2.33. The number of nitrogens with zero attached hydrogens (tertiary/aromatic N) is 3. The molecule has 3 aromatic rings. The number of nitrogens with one attached hydrogen (secondary N) is 2. The summed E-state index contributed by atoms with van der Waals surface area (Å²) in [7, 11) is 0. The van der Waals surface area contributed by atoms with E-state index in [0.29, 0.717) is 31.5 Å². The molecule has 0 unspecified atom stereocenters. The predicted molar refractivity (Wildman–Crippen MR) is 121 cm³/mol. The Labute approximate surface area is 192 Å². The van der Waals surface area contributed by atoms with Crippen LogP contribution in [0.3, 0.4) is 0 Å². The van der Waals surface area contributed by atoms with Gasteiger partial charge in [-0.2, -0.15) is 0 Å². The molecule has 2 aromatic heterocycles. The summed E-state index contributed by atoms with van der Waals surface area (Å²) in [5, 5.41) is 18.6. The number of amides is 2. The third-order valence-electron chi connectivity index (χ3n) is 4.89. The first-order valence-electron chi connectivity index (χ1n) is 9.79. The average molecular weight is 478 g/mol. The predicted octanol–water partition coefficient (Wildman–Crippen LogP) is 4.56. The Bertz CT molecular complexity index is 1090. The normalized spacial score (nSPS) is 14.0. The molecular formula is C20H20ClN5O3S2. The summed E-state index contributed by atoms with van der Waals surface area (Å²) >= 11 is 8.75. The lowest BCUT2D eigenvalue weighted by molar-refractivity contribution is -0.119. The molecule has 11 heteroatoms. The van der Waals surface area contributed by atoms with Crippen LogP contribution in [0.2, 0.25) is 5.02 Å². The van der Waals surface area contributed by atoms with Crippen molar-refractivity contribution in [3.05, 3.63) is 40.6 Å². The van der Waals surface area contributed by atoms with Crippen molar-refractivity contribution in [2.75, 3.05) is 11.1 Å². The molecule has 8 nitrogen and oxygen atoms in total. The van der Waals surface area contributed by atoms with Crippen LogP contribution in [0.15, 0.2) is 33.1 Å². The fourth-order valence-corrected chi connectivity index (χ4v) is 5.21. The first-order chi connectivity index (χ1) is 15.0. The smallest absolute Gasteiger partial charge is 0.263 e. The van der Waals surface area contributed by atoms with Crippen LogP contribution in [-0.4, -0.2) is 39.0 Å². The van der Waals surface area contributed by atoms with Crippen molar-refractivity contribution in [3.8, 4) is 11.3 Å². The van der Waals surface area contributed by atoms with E-state index < -0.39 is 5.91 Å². The molecule has 4 rings (SSSR count). The quantitative estimate of drug-likeness (QED) is 0.379. The Morgan fingerprint density at radius 1 is 1.26 bits per heavy atom. The number of aromatic nitrogens is 3. The number of benzene rings is 1. The molecular weight excluding hydrogens is 458 g/mol. The van der Waals surface area contributed by atoms with Crippen LogP contribution in [0, 0.1) is 6.92 Å². The minimum Gasteiger partial charge on any atom is -0.360 e. The number of hydrogen-bond acceptors (Lipinski definition) is 8. The molecule has 0 aliphatic heterocycles. The summed E-state index contributed by atoms with van der Waals surface area (Å²) in [6.07, 6.45) is 4.43. The van der Waals surface area contributed by atoms with Gasteiger partial charge in [-0.3, -0.25) is 14.9 Å². The summed E-state index contributed by atoms with van der Waals surface area (Å²) < 4.78 is 5.84. The minimum atomic E-state index is -0.416. The van der Waals surface area contributed by atoms with Crippen LogP contribution in [0.5, 0.6) is 0 Å². The highest BCUT2D eigenvalue weighted by Crippen LogP contribution is 2.32. The largest absolute Gasteiger partial charge is 0.360 e. The van der Waals surface area contributed by atoms with E-state index in [4.69, 9.17) is 16.1 Å². The van der Waals surface area contributed by atoms with Crippen molar-refractivity contribution in [1.29, 1.82) is 0 Å². The average Bonchev–Trinajstić information content (AvgIpc) is 3.49. The van der Waals surface area contributed by atoms with E-state index in [1.165, 1.54) is 35.9 Å². The third kappa shape index (κ3) is 5.25. The second-order valence-electron chi connectivity index (χ2n) is 7.11. The van der Waals surface area contributed by atoms with Gasteiger partial charge in [0.2, 0.25) is 11.0 Å². The van der Waals surface area contributed by atoms with Gasteiger partial charge in [0.1, 0.15) is 17.0 Å². The van der Waals surface area contributed by atoms with E-state index in [1.54, 1.807) is 25.1 Å². The first-order valence-corrected chi connectivity index (χ1v) is 12.0. The molecule has 1 fully saturated rings. The van der Waals surface area contributed by atoms with Gasteiger partial charge in [-0.15, -0.1) is 10.2 Å². The Morgan fingerprint density at radius 2 is 2.03 bits per heavy atom. The molecule has 1 aromatic carbocycles. The highest BCUT2D eigenvalue weighted by molar-refractivity contribution is 8.01. The number of anilines is 1. The third-order valence-corrected chi connectivity index (χ3v) is 7.19. The Hall–Kier alpha value is -2.43. The number of halogens is 1. The highest BCUT2D eigenvalue weighted by atomic mass is 35.5. The maximum absolute atomic E-state index is 12.9. The molecule has 2 heterocycles. The molecule has 162 valence electrons. The Balaban J connectivity index is 1.39. The van der Waals surface area contributed by atoms with Crippen molar-refractivity contribution in [1.82, 2.24) is 20.7 Å². The monoisotopic (exact) mass is 477 g/mol. The zero-order valence-corrected chi connectivity index (χ0v) is 19.1. The molecule has 0 bridgehead atoms. The van der Waals surface area contributed by atoms with Crippen LogP contribution >= 0.6 is 34.7 Å². The standard InChI is InChI=1S/C20H20ClN5O3S2/c1-11-16(17(26-29-11)13-8-4-5-9-14(13)21)18(28)23-19-24-25-20(31-19)30-10-15(27)22-12-6-2-3-7-12/h4-5,8-9,12H,2-3,6-7,10H2,1H3,(H,22,27)(H,23,24,28). The Morgan fingerprint density at radius 3 is 2.81 bits per heavy atom. The fraction of sp³-hybridized carbons (Fsp3) is 0.350. The topological polar surface area (TPSA) is 110 Å². The number of thioether (sulfide) groups is 1. The van der Waals surface area contributed by atoms with Crippen molar-refractivity contribution in [3.63, 3.8) is 0 Å². The van der Waals surface area contributed by atoms with Crippen molar-refractivity contribution in [2.45, 2.75) is 43.0 Å². The van der Waals surface area contributed by atoms with Crippen LogP contribution < -0.4 is 10.6 Å². The number of hydrogen-bond donors (Lipinski definition) is 2. The van der Waals surface area contributed by atoms with Crippen LogP contribution in [0.4, 0.5) is 5.13 Å². The summed E-state index contributed by atoms with van der Waals surface area (Å²) in [4.78, 5) is 25.0. The van der Waals surface area contributed by atoms with Gasteiger partial charge < -0.3 is 9.84 Å². The Kier molecular flexibility index (Phi) is 6.89. The van der Waals surface area contributed by atoms with Crippen LogP contribution in [0.1, 0.15) is 41.8 Å². The molecule has 0 radical (unpaired) electrons. The van der Waals surface area contributed by atoms with Gasteiger partial charge in [-0.1, -0.05) is 70.9 Å². The van der Waals surface area contributed by atoms with Crippen molar-refractivity contribution < 1.29 is 14.1 Å². The molecule has 0 atom stereocenters. The SMILES string of the molecule is Cc1onc(-c2ccccc2Cl)c1C(=O)Nc1nnc(SCC(=O)NC2CCCC2)s1. The maximum atomic E-state index is 12.9. The van der Waals surface area contributed by atoms with E-state index in [0.717, 1.165) is 12.8 Å². The molecule has 1 aliphatic carbocycles. The summed E-state index contributed by atoms with van der Waals surface area (Å²) in [5.41, 5.74) is 1.25. The summed E-state index contributed by atoms with van der Waals surface area (Å²) in [5.74, 6) is 0.207. The zero-order valence-electron chi connectivity index (χ0n) is 16.7. The number of carbonyl (C=O) groups is 2. The number of rotatable bonds is 7. The van der Waals surface area contributed by atoms with Crippen molar-refractivity contribution >= 4 is 51.6 Å². The van der Waals surface area contributed by atoms with E-state index in [1.807, 2.05) is 6.07 Å². The van der Waals surface area contributed by atoms with Crippen molar-refractivity contribution in [2.24, 2.45) is 0 Å². The molecule has 2 amide bonds. The van der Waals surface area contributed by atoms with E-state index in [-0.39, 0.29) is 23.3 Å². The van der Waals surface area contributed by atoms with Gasteiger partial charge in [0.05, 0.1) is 10.8 Å². The molecule has 1 aliphatic rings. The van der Waals surface area contributed by atoms with E-state index >= 15 is 0 Å². The lowest BCUT2D eigenvalue weighted by Gasteiger charge is -2.10. The van der Waals surface area contributed by atoms with Crippen LogP contribution in [0.25, 0.3) is 11.3 Å². The molecule has 31 heavy (non-hydrogen) atoms. The van der Waals surface area contributed by atoms with E-state index in [9.17, 15) is 9.59 Å². The zero-order chi connectivity index (χ0) is 21.8. The minimum absolute atomic E-state index is 0.0119. The molecule has 0 spiro atoms. The van der Waals surface area contributed by atoms with Gasteiger partial charge in [0, 0.05) is 11.6 Å². The van der Waals surface area contributed by atoms with Crippen LogP contribution in [-0.2, 0) is 4.79 Å². The summed E-state index contributed by atoms with van der Waals surface area (Å²) in [6.45, 7) is 1.66. The molecule has 0 saturated heterocycles. The van der Waals surface area contributed by atoms with Gasteiger partial charge in [-0.25, -0.2) is 0 Å². The summed E-state index contributed by atoms with van der Waals surface area (Å²) in [6, 6.07) is 7.39. The first kappa shape index (κ1) is 21.8. The molecule has 1 saturated carbocycles. The van der Waals surface area contributed by atoms with Gasteiger partial charge >= 0.3 is 0 Å². The van der Waals surface area contributed by atoms with Gasteiger partial charge in [-0.05, 0) is 25.8 Å². The number of aryl methyl sites for hydroxylation is 1. The van der Waals surface area contributed by atoms with E-state index in [2.05, 4.69) is 26.0 Å². The second kappa shape index (κ2) is 9.80. The number of carbonyl (C=O) groups excluding carboxylic acids is 2. The lowest BCUT2D eigenvalue weighted by atomic mass is 10.1. The van der Waals surface area contributed by atoms with Gasteiger partial charge in [0.25, 0.3) is 5.91 Å². The van der Waals surface area contributed by atoms with Gasteiger partial charge in [0.15, 0.2) is 4.34 Å². The maximum Gasteiger partial charge on any atom is 0.263 e. The highest BCUT2D eigenvalue weighted by Gasteiger charge is 2.24.